The Labute approximate surface area is 463 Å². The zero-order valence-electron chi connectivity index (χ0n) is 50.1. The van der Waals surface area contributed by atoms with Gasteiger partial charge in [-0.15, -0.1) is 0 Å². The van der Waals surface area contributed by atoms with Gasteiger partial charge in [-0.1, -0.05) is 353 Å². The lowest BCUT2D eigenvalue weighted by Crippen LogP contribution is -2.53. The summed E-state index contributed by atoms with van der Waals surface area (Å²) in [7, 11) is 0. The molecule has 440 valence electrons. The van der Waals surface area contributed by atoms with Crippen molar-refractivity contribution >= 4 is 5.91 Å². The van der Waals surface area contributed by atoms with Crippen LogP contribution in [0.15, 0.2) is 24.3 Å². The Bertz CT molecular complexity index is 1130. The molecule has 0 aromatic carbocycles. The summed E-state index contributed by atoms with van der Waals surface area (Å²) in [6, 6.07) is -0.985. The van der Waals surface area contributed by atoms with Crippen LogP contribution in [0, 0.1) is 0 Å². The Kier molecular flexibility index (Phi) is 61.6. The van der Waals surface area contributed by atoms with E-state index in [1.54, 1.807) is 0 Å². The number of nitrogens with one attached hydrogen (secondary N) is 1. The van der Waals surface area contributed by atoms with Gasteiger partial charge in [-0.25, -0.2) is 0 Å². The first-order valence-electron chi connectivity index (χ1n) is 33.7. The number of carbonyl (C=O) groups excluding carboxylic acids is 1. The molecule has 0 heterocycles. The molecule has 1 amide bonds. The highest BCUT2D eigenvalue weighted by Crippen LogP contribution is 2.19. The minimum absolute atomic E-state index is 0.372. The molecule has 0 aromatic heterocycles. The molecule has 0 rings (SSSR count). The molecule has 0 saturated heterocycles. The summed E-state index contributed by atoms with van der Waals surface area (Å²) in [6.45, 7) is 4.10. The smallest absolute Gasteiger partial charge is 0.249 e. The minimum Gasteiger partial charge on any atom is -0.394 e. The molecular formula is C68H133NO5. The van der Waals surface area contributed by atoms with Crippen molar-refractivity contribution in [2.24, 2.45) is 0 Å². The standard InChI is InChI=1S/C68H133NO5/c1-3-5-7-9-11-13-15-17-19-21-23-25-26-27-28-29-30-31-32-33-34-35-36-37-38-39-40-41-42-44-46-48-50-52-54-56-58-60-62-66(72)68(74)69-64(63-70)67(73)65(71)61-59-57-55-53-51-49-47-45-43-24-22-20-18-16-14-12-10-8-6-4-2/h30-31,33-34,64-67,70-73H,3-29,32,35-63H2,1-2H3,(H,69,74)/b31-30-,34-33-. The molecular weight excluding hydrogens is 911 g/mol. The van der Waals surface area contributed by atoms with Crippen molar-refractivity contribution < 1.29 is 25.2 Å². The van der Waals surface area contributed by atoms with Crippen LogP contribution >= 0.6 is 0 Å². The number of amides is 1. The Morgan fingerprint density at radius 3 is 0.851 bits per heavy atom. The van der Waals surface area contributed by atoms with E-state index in [9.17, 15) is 25.2 Å². The average molecular weight is 1040 g/mol. The number of aliphatic hydroxyl groups excluding tert-OH is 4. The number of carbonyl (C=O) groups is 1. The number of allylic oxidation sites excluding steroid dienone is 4. The molecule has 0 aliphatic carbocycles. The maximum absolute atomic E-state index is 12.6. The summed E-state index contributed by atoms with van der Waals surface area (Å²) >= 11 is 0. The van der Waals surface area contributed by atoms with Crippen LogP contribution in [-0.4, -0.2) is 57.3 Å². The molecule has 6 nitrogen and oxygen atoms in total. The lowest BCUT2D eigenvalue weighted by atomic mass is 9.99. The minimum atomic E-state index is -1.26. The van der Waals surface area contributed by atoms with E-state index in [-0.39, 0.29) is 0 Å². The monoisotopic (exact) mass is 1040 g/mol. The third-order valence-electron chi connectivity index (χ3n) is 16.2. The maximum Gasteiger partial charge on any atom is 0.249 e. The molecule has 6 heteroatoms. The van der Waals surface area contributed by atoms with Crippen LogP contribution < -0.4 is 5.32 Å². The second-order valence-electron chi connectivity index (χ2n) is 23.5. The quantitative estimate of drug-likeness (QED) is 0.0308. The Hall–Kier alpha value is -1.21. The largest absolute Gasteiger partial charge is 0.394 e. The lowest BCUT2D eigenvalue weighted by Gasteiger charge is -2.27. The molecule has 74 heavy (non-hydrogen) atoms. The molecule has 4 unspecified atom stereocenters. The maximum atomic E-state index is 12.6. The molecule has 4 atom stereocenters. The van der Waals surface area contributed by atoms with E-state index < -0.39 is 36.9 Å². The number of unbranched alkanes of at least 4 members (excludes halogenated alkanes) is 50. The van der Waals surface area contributed by atoms with Gasteiger partial charge in [0.1, 0.15) is 12.2 Å². The zero-order valence-corrected chi connectivity index (χ0v) is 50.1. The van der Waals surface area contributed by atoms with Gasteiger partial charge in [0, 0.05) is 0 Å². The van der Waals surface area contributed by atoms with Gasteiger partial charge in [0.05, 0.1) is 18.8 Å². The van der Waals surface area contributed by atoms with Gasteiger partial charge in [0.2, 0.25) is 5.91 Å². The molecule has 0 aromatic rings. The van der Waals surface area contributed by atoms with Crippen LogP contribution in [0.5, 0.6) is 0 Å². The molecule has 0 bridgehead atoms. The van der Waals surface area contributed by atoms with Crippen molar-refractivity contribution in [3.05, 3.63) is 24.3 Å². The van der Waals surface area contributed by atoms with Gasteiger partial charge < -0.3 is 25.7 Å². The number of hydrogen-bond acceptors (Lipinski definition) is 5. The predicted octanol–water partition coefficient (Wildman–Crippen LogP) is 20.5. The second-order valence-corrected chi connectivity index (χ2v) is 23.5. The van der Waals surface area contributed by atoms with E-state index in [2.05, 4.69) is 43.5 Å². The molecule has 0 aliphatic heterocycles. The molecule has 5 N–H and O–H groups in total. The molecule has 0 spiro atoms. The third-order valence-corrected chi connectivity index (χ3v) is 16.2. The zero-order chi connectivity index (χ0) is 53.7. The van der Waals surface area contributed by atoms with Gasteiger partial charge in [0.15, 0.2) is 0 Å². The highest BCUT2D eigenvalue weighted by molar-refractivity contribution is 5.80. The summed E-state index contributed by atoms with van der Waals surface area (Å²) in [5.41, 5.74) is 0. The van der Waals surface area contributed by atoms with Gasteiger partial charge in [-0.05, 0) is 44.9 Å². The fraction of sp³-hybridized carbons (Fsp3) is 0.926. The van der Waals surface area contributed by atoms with E-state index in [0.717, 1.165) is 44.9 Å². The first-order valence-corrected chi connectivity index (χ1v) is 33.7. The number of hydrogen-bond donors (Lipinski definition) is 5. The summed E-state index contributed by atoms with van der Waals surface area (Å²) < 4.78 is 0. The van der Waals surface area contributed by atoms with E-state index in [4.69, 9.17) is 0 Å². The number of aliphatic hydroxyl groups is 4. The van der Waals surface area contributed by atoms with Crippen LogP contribution in [0.25, 0.3) is 0 Å². The summed E-state index contributed by atoms with van der Waals surface area (Å²) in [5, 5.41) is 44.2. The van der Waals surface area contributed by atoms with Gasteiger partial charge in [-0.2, -0.15) is 0 Å². The molecule has 0 saturated carbocycles. The third kappa shape index (κ3) is 55.5. The Morgan fingerprint density at radius 1 is 0.338 bits per heavy atom. The van der Waals surface area contributed by atoms with E-state index in [1.807, 2.05) is 0 Å². The molecule has 0 aliphatic rings. The van der Waals surface area contributed by atoms with Gasteiger partial charge >= 0.3 is 0 Å². The SMILES string of the molecule is CCCCCCCCCCCCCCCCC/C=C\C/C=C\CCCCCCCCCCCCCCCCCCC(O)C(=O)NC(CO)C(O)C(O)CCCCCCCCCCCCCCCCCCCCCC. The summed E-state index contributed by atoms with van der Waals surface area (Å²) in [6.07, 6.45) is 78.7. The van der Waals surface area contributed by atoms with Gasteiger partial charge in [-0.3, -0.25) is 4.79 Å². The normalized spacial score (nSPS) is 13.6. The van der Waals surface area contributed by atoms with Crippen LogP contribution in [0.4, 0.5) is 0 Å². The van der Waals surface area contributed by atoms with Crippen molar-refractivity contribution in [3.8, 4) is 0 Å². The highest BCUT2D eigenvalue weighted by Gasteiger charge is 2.28. The van der Waals surface area contributed by atoms with Crippen molar-refractivity contribution in [2.45, 2.75) is 398 Å². The van der Waals surface area contributed by atoms with Crippen molar-refractivity contribution in [2.75, 3.05) is 6.61 Å². The predicted molar refractivity (Wildman–Crippen MR) is 325 cm³/mol. The number of rotatable bonds is 63. The van der Waals surface area contributed by atoms with E-state index in [0.29, 0.717) is 12.8 Å². The lowest BCUT2D eigenvalue weighted by molar-refractivity contribution is -0.132. The van der Waals surface area contributed by atoms with Crippen molar-refractivity contribution in [1.29, 1.82) is 0 Å². The first-order chi connectivity index (χ1) is 36.5. The summed E-state index contributed by atoms with van der Waals surface area (Å²) in [5.74, 6) is -0.577. The topological polar surface area (TPSA) is 110 Å². The van der Waals surface area contributed by atoms with Crippen LogP contribution in [-0.2, 0) is 4.79 Å². The second kappa shape index (κ2) is 62.6. The highest BCUT2D eigenvalue weighted by atomic mass is 16.3. The first kappa shape index (κ1) is 72.8. The van der Waals surface area contributed by atoms with E-state index >= 15 is 0 Å². The Morgan fingerprint density at radius 2 is 0.581 bits per heavy atom. The fourth-order valence-corrected chi connectivity index (χ4v) is 10.9. The van der Waals surface area contributed by atoms with Crippen molar-refractivity contribution in [3.63, 3.8) is 0 Å². The van der Waals surface area contributed by atoms with Crippen molar-refractivity contribution in [1.82, 2.24) is 5.32 Å². The van der Waals surface area contributed by atoms with Crippen LogP contribution in [0.3, 0.4) is 0 Å². The van der Waals surface area contributed by atoms with Crippen LogP contribution in [0.1, 0.15) is 373 Å². The average Bonchev–Trinajstić information content (AvgIpc) is 3.41. The van der Waals surface area contributed by atoms with E-state index in [1.165, 1.54) is 302 Å². The summed E-state index contributed by atoms with van der Waals surface area (Å²) in [4.78, 5) is 12.6. The van der Waals surface area contributed by atoms with Crippen LogP contribution in [0.2, 0.25) is 0 Å². The van der Waals surface area contributed by atoms with Gasteiger partial charge in [0.25, 0.3) is 0 Å². The fourth-order valence-electron chi connectivity index (χ4n) is 10.9. The Balaban J connectivity index is 3.53. The molecule has 0 radical (unpaired) electrons. The molecule has 0 fully saturated rings.